The van der Waals surface area contributed by atoms with Gasteiger partial charge in [0, 0.05) is 19.0 Å². The molecule has 0 bridgehead atoms. The van der Waals surface area contributed by atoms with Gasteiger partial charge in [-0.2, -0.15) is 5.10 Å². The van der Waals surface area contributed by atoms with Crippen molar-refractivity contribution in [3.8, 4) is 0 Å². The number of aromatic nitrogens is 2. The zero-order valence-electron chi connectivity index (χ0n) is 9.91. The van der Waals surface area contributed by atoms with E-state index in [9.17, 15) is 4.79 Å². The van der Waals surface area contributed by atoms with Crippen molar-refractivity contribution in [3.05, 3.63) is 17.5 Å². The summed E-state index contributed by atoms with van der Waals surface area (Å²) in [4.78, 5) is 11.9. The lowest BCUT2D eigenvalue weighted by Crippen LogP contribution is -2.48. The van der Waals surface area contributed by atoms with Crippen molar-refractivity contribution in [2.75, 3.05) is 19.8 Å². The number of rotatable bonds is 3. The summed E-state index contributed by atoms with van der Waals surface area (Å²) in [6, 6.07) is 1.79. The van der Waals surface area contributed by atoms with Crippen LogP contribution in [-0.4, -0.2) is 35.4 Å². The monoisotopic (exact) mass is 223 g/mol. The van der Waals surface area contributed by atoms with E-state index in [1.165, 1.54) is 0 Å². The average Bonchev–Trinajstić information content (AvgIpc) is 2.51. The minimum absolute atomic E-state index is 0.0729. The minimum atomic E-state index is -0.0729. The van der Waals surface area contributed by atoms with E-state index in [1.54, 1.807) is 17.8 Å². The summed E-state index contributed by atoms with van der Waals surface area (Å²) in [5, 5.41) is 7.06. The van der Waals surface area contributed by atoms with Crippen LogP contribution in [0.3, 0.4) is 0 Å². The van der Waals surface area contributed by atoms with Gasteiger partial charge in [0.2, 0.25) is 0 Å². The third-order valence-corrected chi connectivity index (χ3v) is 2.81. The van der Waals surface area contributed by atoms with Gasteiger partial charge in [0.25, 0.3) is 5.91 Å². The lowest BCUT2D eigenvalue weighted by molar-refractivity contribution is -0.0978. The summed E-state index contributed by atoms with van der Waals surface area (Å²) in [6.07, 6.45) is 0. The van der Waals surface area contributed by atoms with Crippen molar-refractivity contribution in [1.82, 2.24) is 15.1 Å². The van der Waals surface area contributed by atoms with Crippen molar-refractivity contribution in [2.45, 2.75) is 13.8 Å². The smallest absolute Gasteiger partial charge is 0.269 e. The second-order valence-corrected chi connectivity index (χ2v) is 4.78. The highest BCUT2D eigenvalue weighted by Crippen LogP contribution is 2.25. The Balaban J connectivity index is 1.95. The fraction of sp³-hybridized carbons (Fsp3) is 0.636. The van der Waals surface area contributed by atoms with Crippen LogP contribution >= 0.6 is 0 Å². The molecule has 88 valence electrons. The van der Waals surface area contributed by atoms with E-state index in [4.69, 9.17) is 4.74 Å². The molecule has 1 aromatic heterocycles. The van der Waals surface area contributed by atoms with Crippen LogP contribution in [0.25, 0.3) is 0 Å². The van der Waals surface area contributed by atoms with E-state index in [-0.39, 0.29) is 11.3 Å². The van der Waals surface area contributed by atoms with Crippen LogP contribution in [-0.2, 0) is 11.8 Å². The summed E-state index contributed by atoms with van der Waals surface area (Å²) in [5.74, 6) is -0.0729. The molecular formula is C11H17N3O2. The van der Waals surface area contributed by atoms with Gasteiger partial charge >= 0.3 is 0 Å². The Kier molecular flexibility index (Phi) is 2.71. The number of aryl methyl sites for hydroxylation is 2. The Morgan fingerprint density at radius 3 is 2.81 bits per heavy atom. The maximum Gasteiger partial charge on any atom is 0.269 e. The number of ether oxygens (including phenoxy) is 1. The second-order valence-electron chi connectivity index (χ2n) is 4.78. The molecular weight excluding hydrogens is 206 g/mol. The van der Waals surface area contributed by atoms with Gasteiger partial charge in [-0.3, -0.25) is 9.48 Å². The molecule has 1 N–H and O–H groups in total. The molecule has 1 fully saturated rings. The molecule has 0 unspecified atom stereocenters. The van der Waals surface area contributed by atoms with Gasteiger partial charge in [-0.25, -0.2) is 0 Å². The molecule has 2 rings (SSSR count). The zero-order valence-corrected chi connectivity index (χ0v) is 9.91. The maximum absolute atomic E-state index is 11.9. The molecule has 16 heavy (non-hydrogen) atoms. The molecule has 1 aliphatic heterocycles. The fourth-order valence-electron chi connectivity index (χ4n) is 1.76. The van der Waals surface area contributed by atoms with E-state index in [1.807, 2.05) is 6.92 Å². The van der Waals surface area contributed by atoms with Crippen molar-refractivity contribution >= 4 is 5.91 Å². The van der Waals surface area contributed by atoms with Gasteiger partial charge in [0.05, 0.1) is 18.9 Å². The number of nitrogens with one attached hydrogen (secondary N) is 1. The van der Waals surface area contributed by atoms with Crippen molar-refractivity contribution < 1.29 is 9.53 Å². The van der Waals surface area contributed by atoms with Crippen LogP contribution < -0.4 is 5.32 Å². The normalized spacial score (nSPS) is 17.9. The zero-order chi connectivity index (χ0) is 11.8. The predicted molar refractivity (Wildman–Crippen MR) is 59.2 cm³/mol. The van der Waals surface area contributed by atoms with Gasteiger partial charge < -0.3 is 10.1 Å². The number of hydrogen-bond acceptors (Lipinski definition) is 3. The van der Waals surface area contributed by atoms with E-state index in [0.717, 1.165) is 18.9 Å². The molecule has 2 heterocycles. The molecule has 0 spiro atoms. The highest BCUT2D eigenvalue weighted by atomic mass is 16.5. The second kappa shape index (κ2) is 3.90. The fourth-order valence-corrected chi connectivity index (χ4v) is 1.76. The van der Waals surface area contributed by atoms with Gasteiger partial charge in [-0.05, 0) is 13.0 Å². The molecule has 5 nitrogen and oxygen atoms in total. The molecule has 5 heteroatoms. The molecule has 1 aliphatic rings. The summed E-state index contributed by atoms with van der Waals surface area (Å²) in [7, 11) is 1.77. The van der Waals surface area contributed by atoms with Crippen molar-refractivity contribution in [3.63, 3.8) is 0 Å². The lowest BCUT2D eigenvalue weighted by Gasteiger charge is -2.37. The Bertz CT molecular complexity index is 407. The van der Waals surface area contributed by atoms with E-state index >= 15 is 0 Å². The number of carbonyl (C=O) groups is 1. The molecule has 0 radical (unpaired) electrons. The van der Waals surface area contributed by atoms with E-state index in [0.29, 0.717) is 12.2 Å². The van der Waals surface area contributed by atoms with Gasteiger partial charge in [-0.1, -0.05) is 6.92 Å². The predicted octanol–water partition coefficient (Wildman–Crippen LogP) is 0.495. The SMILES string of the molecule is Cc1cc(C(=O)NCC2(C)COC2)n(C)n1. The summed E-state index contributed by atoms with van der Waals surface area (Å²) >= 11 is 0. The Morgan fingerprint density at radius 2 is 2.38 bits per heavy atom. The number of nitrogens with zero attached hydrogens (tertiary/aromatic N) is 2. The molecule has 1 saturated heterocycles. The first-order valence-electron chi connectivity index (χ1n) is 5.37. The Labute approximate surface area is 94.8 Å². The van der Waals surface area contributed by atoms with Gasteiger partial charge in [-0.15, -0.1) is 0 Å². The average molecular weight is 223 g/mol. The number of carbonyl (C=O) groups excluding carboxylic acids is 1. The molecule has 0 saturated carbocycles. The topological polar surface area (TPSA) is 56.1 Å². The number of hydrogen-bond donors (Lipinski definition) is 1. The minimum Gasteiger partial charge on any atom is -0.380 e. The van der Waals surface area contributed by atoms with Crippen molar-refractivity contribution in [1.29, 1.82) is 0 Å². The lowest BCUT2D eigenvalue weighted by atomic mass is 9.89. The quantitative estimate of drug-likeness (QED) is 0.811. The molecule has 1 aromatic rings. The maximum atomic E-state index is 11.9. The summed E-state index contributed by atoms with van der Waals surface area (Å²) in [5.41, 5.74) is 1.55. The van der Waals surface area contributed by atoms with Crippen LogP contribution in [0, 0.1) is 12.3 Å². The number of amides is 1. The van der Waals surface area contributed by atoms with Crippen LogP contribution in [0.2, 0.25) is 0 Å². The highest BCUT2D eigenvalue weighted by Gasteiger charge is 2.33. The van der Waals surface area contributed by atoms with Gasteiger partial charge in [0.1, 0.15) is 5.69 Å². The highest BCUT2D eigenvalue weighted by molar-refractivity contribution is 5.92. The molecule has 0 aromatic carbocycles. The van der Waals surface area contributed by atoms with Crippen LogP contribution in [0.5, 0.6) is 0 Å². The Morgan fingerprint density at radius 1 is 1.69 bits per heavy atom. The summed E-state index contributed by atoms with van der Waals surface area (Å²) in [6.45, 7) is 6.06. The van der Waals surface area contributed by atoms with Crippen molar-refractivity contribution in [2.24, 2.45) is 12.5 Å². The molecule has 1 amide bonds. The van der Waals surface area contributed by atoms with E-state index < -0.39 is 0 Å². The van der Waals surface area contributed by atoms with Gasteiger partial charge in [0.15, 0.2) is 0 Å². The van der Waals surface area contributed by atoms with Crippen LogP contribution in [0.4, 0.5) is 0 Å². The molecule has 0 aliphatic carbocycles. The standard InChI is InChI=1S/C11H17N3O2/c1-8-4-9(14(3)13-8)10(15)12-5-11(2)6-16-7-11/h4H,5-7H2,1-3H3,(H,12,15). The first-order chi connectivity index (χ1) is 7.50. The third-order valence-electron chi connectivity index (χ3n) is 2.81. The van der Waals surface area contributed by atoms with Crippen LogP contribution in [0.15, 0.2) is 6.07 Å². The van der Waals surface area contributed by atoms with Crippen LogP contribution in [0.1, 0.15) is 23.1 Å². The first kappa shape index (κ1) is 11.1. The van der Waals surface area contributed by atoms with E-state index in [2.05, 4.69) is 17.3 Å². The largest absolute Gasteiger partial charge is 0.380 e. The summed E-state index contributed by atoms with van der Waals surface area (Å²) < 4.78 is 6.74. The third kappa shape index (κ3) is 2.09. The first-order valence-corrected chi connectivity index (χ1v) is 5.37. The Hall–Kier alpha value is -1.36. The molecule has 0 atom stereocenters.